The molecule has 13 heavy (non-hydrogen) atoms. The fourth-order valence-electron chi connectivity index (χ4n) is 1.45. The van der Waals surface area contributed by atoms with E-state index in [4.69, 9.17) is 5.73 Å². The van der Waals surface area contributed by atoms with Gasteiger partial charge in [-0.3, -0.25) is 4.68 Å². The molecule has 0 unspecified atom stereocenters. The van der Waals surface area contributed by atoms with Gasteiger partial charge in [0, 0.05) is 11.9 Å². The van der Waals surface area contributed by atoms with E-state index in [1.165, 1.54) is 0 Å². The van der Waals surface area contributed by atoms with Crippen molar-refractivity contribution in [2.45, 2.75) is 13.5 Å². The van der Waals surface area contributed by atoms with Crippen molar-refractivity contribution >= 4 is 32.5 Å². The lowest BCUT2D eigenvalue weighted by Crippen LogP contribution is -1.98. The van der Waals surface area contributed by atoms with Crippen LogP contribution in [0.2, 0.25) is 0 Å². The fraction of sp³-hybridized carbons (Fsp3) is 0.222. The monoisotopic (exact) mass is 239 g/mol. The molecule has 0 spiro atoms. The molecule has 1 heterocycles. The Morgan fingerprint density at radius 2 is 2.31 bits per heavy atom. The minimum Gasteiger partial charge on any atom is -0.397 e. The number of fused-ring (bicyclic) bond motifs is 1. The first kappa shape index (κ1) is 8.56. The molecule has 2 rings (SSSR count). The summed E-state index contributed by atoms with van der Waals surface area (Å²) in [6.07, 6.45) is 0. The number of aryl methyl sites for hydroxylation is 1. The van der Waals surface area contributed by atoms with Crippen LogP contribution in [0.3, 0.4) is 0 Å². The van der Waals surface area contributed by atoms with Gasteiger partial charge in [-0.05, 0) is 35.0 Å². The highest BCUT2D eigenvalue weighted by Gasteiger charge is 2.08. The van der Waals surface area contributed by atoms with Crippen LogP contribution < -0.4 is 5.73 Å². The number of nitrogen functional groups attached to an aromatic ring is 1. The molecule has 0 aliphatic heterocycles. The van der Waals surface area contributed by atoms with Gasteiger partial charge in [0.1, 0.15) is 4.60 Å². The summed E-state index contributed by atoms with van der Waals surface area (Å²) in [6.45, 7) is 2.88. The lowest BCUT2D eigenvalue weighted by Gasteiger charge is -2.00. The average molecular weight is 240 g/mol. The van der Waals surface area contributed by atoms with Crippen LogP contribution in [0.25, 0.3) is 10.9 Å². The molecular formula is C9H10BrN3. The molecule has 0 saturated carbocycles. The number of anilines is 1. The zero-order valence-corrected chi connectivity index (χ0v) is 8.87. The molecule has 2 aromatic rings. The summed E-state index contributed by atoms with van der Waals surface area (Å²) in [5.41, 5.74) is 7.65. The molecule has 0 radical (unpaired) electrons. The second-order valence-corrected chi connectivity index (χ2v) is 3.60. The van der Waals surface area contributed by atoms with E-state index in [2.05, 4.69) is 21.0 Å². The first-order valence-electron chi connectivity index (χ1n) is 4.14. The molecule has 1 aromatic heterocycles. The summed E-state index contributed by atoms with van der Waals surface area (Å²) in [5, 5.41) is 5.39. The van der Waals surface area contributed by atoms with Gasteiger partial charge in [0.15, 0.2) is 0 Å². The summed E-state index contributed by atoms with van der Waals surface area (Å²) in [7, 11) is 0. The molecule has 0 fully saturated rings. The largest absolute Gasteiger partial charge is 0.397 e. The summed E-state index contributed by atoms with van der Waals surface area (Å²) >= 11 is 3.41. The SMILES string of the molecule is CCn1nc(Br)c2cccc(N)c21. The lowest BCUT2D eigenvalue weighted by molar-refractivity contribution is 0.679. The van der Waals surface area contributed by atoms with Crippen LogP contribution in [0, 0.1) is 0 Å². The maximum atomic E-state index is 5.86. The number of benzene rings is 1. The first-order chi connectivity index (χ1) is 6.24. The smallest absolute Gasteiger partial charge is 0.136 e. The van der Waals surface area contributed by atoms with Crippen molar-refractivity contribution < 1.29 is 0 Å². The number of hydrogen-bond acceptors (Lipinski definition) is 2. The lowest BCUT2D eigenvalue weighted by atomic mass is 10.2. The van der Waals surface area contributed by atoms with Crippen LogP contribution in [0.1, 0.15) is 6.92 Å². The first-order valence-corrected chi connectivity index (χ1v) is 4.94. The molecule has 0 amide bonds. The van der Waals surface area contributed by atoms with Gasteiger partial charge in [0.2, 0.25) is 0 Å². The highest BCUT2D eigenvalue weighted by atomic mass is 79.9. The Hall–Kier alpha value is -1.03. The van der Waals surface area contributed by atoms with E-state index in [1.807, 2.05) is 29.8 Å². The van der Waals surface area contributed by atoms with Crippen molar-refractivity contribution in [2.75, 3.05) is 5.73 Å². The van der Waals surface area contributed by atoms with E-state index in [1.54, 1.807) is 0 Å². The van der Waals surface area contributed by atoms with Gasteiger partial charge in [0.25, 0.3) is 0 Å². The van der Waals surface area contributed by atoms with Crippen LogP contribution in [0.5, 0.6) is 0 Å². The van der Waals surface area contributed by atoms with Crippen LogP contribution in [0.4, 0.5) is 5.69 Å². The Kier molecular flexibility index (Phi) is 2.00. The molecule has 1 aromatic carbocycles. The second-order valence-electron chi connectivity index (χ2n) is 2.85. The molecule has 0 aliphatic carbocycles. The van der Waals surface area contributed by atoms with Crippen molar-refractivity contribution in [1.82, 2.24) is 9.78 Å². The van der Waals surface area contributed by atoms with Crippen LogP contribution in [0.15, 0.2) is 22.8 Å². The maximum Gasteiger partial charge on any atom is 0.136 e. The Labute approximate surface area is 84.7 Å². The number of aromatic nitrogens is 2. The zero-order chi connectivity index (χ0) is 9.42. The third-order valence-electron chi connectivity index (χ3n) is 2.06. The number of rotatable bonds is 1. The van der Waals surface area contributed by atoms with Crippen molar-refractivity contribution in [1.29, 1.82) is 0 Å². The highest BCUT2D eigenvalue weighted by molar-refractivity contribution is 9.10. The summed E-state index contributed by atoms with van der Waals surface area (Å²) in [4.78, 5) is 0. The fourth-order valence-corrected chi connectivity index (χ4v) is 1.97. The van der Waals surface area contributed by atoms with Gasteiger partial charge in [-0.1, -0.05) is 6.07 Å². The number of para-hydroxylation sites is 1. The van der Waals surface area contributed by atoms with E-state index < -0.39 is 0 Å². The molecule has 2 N–H and O–H groups in total. The standard InChI is InChI=1S/C9H10BrN3/c1-2-13-8-6(9(10)12-13)4-3-5-7(8)11/h3-5H,2,11H2,1H3. The van der Waals surface area contributed by atoms with E-state index in [-0.39, 0.29) is 0 Å². The molecule has 3 nitrogen and oxygen atoms in total. The molecule has 0 saturated heterocycles. The van der Waals surface area contributed by atoms with E-state index in [9.17, 15) is 0 Å². The van der Waals surface area contributed by atoms with Gasteiger partial charge in [-0.15, -0.1) is 0 Å². The Balaban J connectivity index is 2.89. The van der Waals surface area contributed by atoms with E-state index in [0.29, 0.717) is 0 Å². The van der Waals surface area contributed by atoms with Crippen molar-refractivity contribution in [2.24, 2.45) is 0 Å². The predicted molar refractivity (Wildman–Crippen MR) is 57.5 cm³/mol. The predicted octanol–water partition coefficient (Wildman–Crippen LogP) is 2.40. The van der Waals surface area contributed by atoms with Crippen LogP contribution in [-0.4, -0.2) is 9.78 Å². The minimum absolute atomic E-state index is 0.776. The van der Waals surface area contributed by atoms with Gasteiger partial charge in [-0.25, -0.2) is 0 Å². The average Bonchev–Trinajstić information content (AvgIpc) is 2.45. The Morgan fingerprint density at radius 1 is 1.54 bits per heavy atom. The molecular weight excluding hydrogens is 230 g/mol. The van der Waals surface area contributed by atoms with Crippen LogP contribution in [-0.2, 0) is 6.54 Å². The topological polar surface area (TPSA) is 43.8 Å². The van der Waals surface area contributed by atoms with Gasteiger partial charge >= 0.3 is 0 Å². The molecule has 0 aliphatic rings. The second kappa shape index (κ2) is 3.03. The minimum atomic E-state index is 0.776. The summed E-state index contributed by atoms with van der Waals surface area (Å²) in [6, 6.07) is 5.83. The summed E-state index contributed by atoms with van der Waals surface area (Å²) in [5.74, 6) is 0. The quantitative estimate of drug-likeness (QED) is 0.778. The van der Waals surface area contributed by atoms with Crippen molar-refractivity contribution in [3.63, 3.8) is 0 Å². The third kappa shape index (κ3) is 1.21. The molecule has 0 bridgehead atoms. The number of nitrogens with two attached hydrogens (primary N) is 1. The number of halogens is 1. The van der Waals surface area contributed by atoms with Crippen LogP contribution >= 0.6 is 15.9 Å². The van der Waals surface area contributed by atoms with Gasteiger partial charge < -0.3 is 5.73 Å². The third-order valence-corrected chi connectivity index (χ3v) is 2.64. The molecule has 68 valence electrons. The van der Waals surface area contributed by atoms with Gasteiger partial charge in [-0.2, -0.15) is 5.10 Å². The van der Waals surface area contributed by atoms with Crippen molar-refractivity contribution in [3.05, 3.63) is 22.8 Å². The van der Waals surface area contributed by atoms with Gasteiger partial charge in [0.05, 0.1) is 11.2 Å². The number of hydrogen-bond donors (Lipinski definition) is 1. The van der Waals surface area contributed by atoms with Crippen molar-refractivity contribution in [3.8, 4) is 0 Å². The molecule has 0 atom stereocenters. The Morgan fingerprint density at radius 3 is 3.00 bits per heavy atom. The maximum absolute atomic E-state index is 5.86. The Bertz CT molecular complexity index is 447. The normalized spacial score (nSPS) is 10.9. The van der Waals surface area contributed by atoms with E-state index >= 15 is 0 Å². The summed E-state index contributed by atoms with van der Waals surface area (Å²) < 4.78 is 2.76. The number of nitrogens with zero attached hydrogens (tertiary/aromatic N) is 2. The molecule has 4 heteroatoms. The zero-order valence-electron chi connectivity index (χ0n) is 7.29. The highest BCUT2D eigenvalue weighted by Crippen LogP contribution is 2.27. The van der Waals surface area contributed by atoms with E-state index in [0.717, 1.165) is 27.7 Å².